The molecule has 1 aromatic carbocycles. The molecule has 1 N–H and O–H groups in total. The van der Waals surface area contributed by atoms with Crippen LogP contribution in [0, 0.1) is 11.8 Å². The van der Waals surface area contributed by atoms with Crippen LogP contribution in [-0.4, -0.2) is 5.11 Å². The molecule has 52 valence electrons. The molecule has 0 unspecified atom stereocenters. The number of benzene rings is 1. The first-order valence-electron chi connectivity index (χ1n) is 2.86. The van der Waals surface area contributed by atoms with Crippen LogP contribution in [0.1, 0.15) is 5.56 Å². The molecule has 0 aromatic heterocycles. The Morgan fingerprint density at radius 1 is 1.40 bits per heavy atom. The van der Waals surface area contributed by atoms with Gasteiger partial charge in [0.05, 0.1) is 0 Å². The van der Waals surface area contributed by atoms with E-state index >= 15 is 0 Å². The van der Waals surface area contributed by atoms with E-state index in [2.05, 4.69) is 5.18 Å². The summed E-state index contributed by atoms with van der Waals surface area (Å²) in [6.07, 6.45) is 0. The molecule has 0 aliphatic rings. The Morgan fingerprint density at radius 3 is 2.60 bits per heavy atom. The zero-order valence-electron chi connectivity index (χ0n) is 5.53. The fourth-order valence-electron chi connectivity index (χ4n) is 0.796. The van der Waals surface area contributed by atoms with Gasteiger partial charge in [-0.15, -0.1) is 4.91 Å². The van der Waals surface area contributed by atoms with Crippen LogP contribution in [0.2, 0.25) is 0 Å². The van der Waals surface area contributed by atoms with E-state index in [1.807, 2.05) is 0 Å². The van der Waals surface area contributed by atoms with Crippen molar-refractivity contribution in [3.8, 4) is 5.75 Å². The van der Waals surface area contributed by atoms with Gasteiger partial charge in [-0.25, -0.2) is 0 Å². The first-order valence-corrected chi connectivity index (χ1v) is 2.86. The standard InChI is InChI=1S/C7H7NO2/c1-5-2-6(8-10)4-7(9)3-5/h2-4,9H,1H3. The summed E-state index contributed by atoms with van der Waals surface area (Å²) < 4.78 is 0. The maximum Gasteiger partial charge on any atom is 0.118 e. The zero-order chi connectivity index (χ0) is 7.56. The number of rotatable bonds is 1. The normalized spacial score (nSPS) is 9.30. The van der Waals surface area contributed by atoms with Crippen molar-refractivity contribution in [2.45, 2.75) is 6.92 Å². The van der Waals surface area contributed by atoms with E-state index in [1.54, 1.807) is 19.1 Å². The lowest BCUT2D eigenvalue weighted by Gasteiger charge is -1.94. The van der Waals surface area contributed by atoms with Gasteiger partial charge in [-0.3, -0.25) is 0 Å². The molecule has 0 heterocycles. The zero-order valence-corrected chi connectivity index (χ0v) is 5.53. The summed E-state index contributed by atoms with van der Waals surface area (Å²) in [6, 6.07) is 4.49. The molecule has 1 rings (SSSR count). The van der Waals surface area contributed by atoms with Crippen LogP contribution < -0.4 is 0 Å². The number of hydrogen-bond acceptors (Lipinski definition) is 3. The lowest BCUT2D eigenvalue weighted by Crippen LogP contribution is -1.70. The van der Waals surface area contributed by atoms with Crippen molar-refractivity contribution >= 4 is 5.69 Å². The Kier molecular flexibility index (Phi) is 1.67. The second-order valence-electron chi connectivity index (χ2n) is 2.12. The molecule has 0 saturated carbocycles. The highest BCUT2D eigenvalue weighted by atomic mass is 16.3. The van der Waals surface area contributed by atoms with Crippen molar-refractivity contribution < 1.29 is 5.11 Å². The first kappa shape index (κ1) is 6.74. The molecule has 0 aliphatic heterocycles. The van der Waals surface area contributed by atoms with Crippen LogP contribution in [0.25, 0.3) is 0 Å². The quantitative estimate of drug-likeness (QED) is 0.602. The van der Waals surface area contributed by atoms with Crippen LogP contribution in [-0.2, 0) is 0 Å². The van der Waals surface area contributed by atoms with Crippen molar-refractivity contribution in [1.82, 2.24) is 0 Å². The third kappa shape index (κ3) is 1.31. The van der Waals surface area contributed by atoms with Crippen molar-refractivity contribution in [3.63, 3.8) is 0 Å². The second-order valence-corrected chi connectivity index (χ2v) is 2.12. The SMILES string of the molecule is Cc1cc(O)cc(N=O)c1. The van der Waals surface area contributed by atoms with Gasteiger partial charge in [0.1, 0.15) is 11.4 Å². The molecule has 3 nitrogen and oxygen atoms in total. The summed E-state index contributed by atoms with van der Waals surface area (Å²) in [5, 5.41) is 11.6. The monoisotopic (exact) mass is 137 g/mol. The van der Waals surface area contributed by atoms with Gasteiger partial charge in [0.15, 0.2) is 0 Å². The van der Waals surface area contributed by atoms with E-state index in [4.69, 9.17) is 5.11 Å². The maximum absolute atomic E-state index is 9.95. The number of aromatic hydroxyl groups is 1. The third-order valence-corrected chi connectivity index (χ3v) is 1.15. The molecule has 0 spiro atoms. The summed E-state index contributed by atoms with van der Waals surface area (Å²) in [6.45, 7) is 1.79. The predicted molar refractivity (Wildman–Crippen MR) is 38.3 cm³/mol. The number of nitrogens with zero attached hydrogens (tertiary/aromatic N) is 1. The Bertz CT molecular complexity index is 238. The van der Waals surface area contributed by atoms with Gasteiger partial charge >= 0.3 is 0 Å². The Hall–Kier alpha value is -1.38. The average molecular weight is 137 g/mol. The van der Waals surface area contributed by atoms with Gasteiger partial charge in [0, 0.05) is 6.07 Å². The van der Waals surface area contributed by atoms with E-state index in [9.17, 15) is 4.91 Å². The Morgan fingerprint density at radius 2 is 2.10 bits per heavy atom. The van der Waals surface area contributed by atoms with Crippen LogP contribution in [0.4, 0.5) is 5.69 Å². The van der Waals surface area contributed by atoms with E-state index in [0.717, 1.165) is 5.56 Å². The highest BCUT2D eigenvalue weighted by molar-refractivity contribution is 5.45. The summed E-state index contributed by atoms with van der Waals surface area (Å²) in [4.78, 5) is 9.95. The highest BCUT2D eigenvalue weighted by Crippen LogP contribution is 2.20. The van der Waals surface area contributed by atoms with Gasteiger partial charge in [-0.05, 0) is 29.8 Å². The fourth-order valence-corrected chi connectivity index (χ4v) is 0.796. The van der Waals surface area contributed by atoms with Crippen LogP contribution >= 0.6 is 0 Å². The molecular weight excluding hydrogens is 130 g/mol. The smallest absolute Gasteiger partial charge is 0.118 e. The van der Waals surface area contributed by atoms with Crippen molar-refractivity contribution in [2.24, 2.45) is 5.18 Å². The van der Waals surface area contributed by atoms with Gasteiger partial charge in [-0.1, -0.05) is 0 Å². The third-order valence-electron chi connectivity index (χ3n) is 1.15. The summed E-state index contributed by atoms with van der Waals surface area (Å²) in [5.41, 5.74) is 1.09. The summed E-state index contributed by atoms with van der Waals surface area (Å²) >= 11 is 0. The van der Waals surface area contributed by atoms with E-state index in [1.165, 1.54) is 6.07 Å². The van der Waals surface area contributed by atoms with Gasteiger partial charge in [0.25, 0.3) is 0 Å². The van der Waals surface area contributed by atoms with E-state index in [0.29, 0.717) is 0 Å². The molecule has 0 fully saturated rings. The van der Waals surface area contributed by atoms with Gasteiger partial charge in [-0.2, -0.15) is 0 Å². The molecule has 3 heteroatoms. The largest absolute Gasteiger partial charge is 0.508 e. The Labute approximate surface area is 58.3 Å². The van der Waals surface area contributed by atoms with Crippen LogP contribution in [0.5, 0.6) is 5.75 Å². The minimum atomic E-state index is 0.0783. The predicted octanol–water partition coefficient (Wildman–Crippen LogP) is 2.10. The maximum atomic E-state index is 9.95. The number of hydrogen-bond donors (Lipinski definition) is 1. The van der Waals surface area contributed by atoms with Crippen molar-refractivity contribution in [3.05, 3.63) is 28.7 Å². The van der Waals surface area contributed by atoms with Crippen LogP contribution in [0.15, 0.2) is 23.4 Å². The minimum Gasteiger partial charge on any atom is -0.508 e. The molecule has 0 saturated heterocycles. The van der Waals surface area contributed by atoms with Gasteiger partial charge < -0.3 is 5.11 Å². The number of aryl methyl sites for hydroxylation is 1. The number of phenolic OH excluding ortho intramolecular Hbond substituents is 1. The lowest BCUT2D eigenvalue weighted by molar-refractivity contribution is 0.475. The average Bonchev–Trinajstić information content (AvgIpc) is 1.85. The molecule has 0 radical (unpaired) electrons. The molecule has 1 aromatic rings. The summed E-state index contributed by atoms with van der Waals surface area (Å²) in [5.74, 6) is 0.0783. The van der Waals surface area contributed by atoms with E-state index in [-0.39, 0.29) is 11.4 Å². The fraction of sp³-hybridized carbons (Fsp3) is 0.143. The second kappa shape index (κ2) is 2.47. The lowest BCUT2D eigenvalue weighted by atomic mass is 10.2. The Balaban J connectivity index is 3.18. The molecule has 0 amide bonds. The van der Waals surface area contributed by atoms with Crippen molar-refractivity contribution in [1.29, 1.82) is 0 Å². The first-order chi connectivity index (χ1) is 4.72. The highest BCUT2D eigenvalue weighted by Gasteiger charge is 1.94. The molecule has 0 aliphatic carbocycles. The molecule has 10 heavy (non-hydrogen) atoms. The molecule has 0 atom stereocenters. The summed E-state index contributed by atoms with van der Waals surface area (Å²) in [7, 11) is 0. The van der Waals surface area contributed by atoms with E-state index < -0.39 is 0 Å². The topological polar surface area (TPSA) is 49.7 Å². The van der Waals surface area contributed by atoms with Gasteiger partial charge in [0.2, 0.25) is 0 Å². The minimum absolute atomic E-state index is 0.0783. The molecule has 0 bridgehead atoms. The molecular formula is C7H7NO2. The number of phenols is 1. The number of nitroso groups, excluding NO2 is 1. The van der Waals surface area contributed by atoms with Crippen molar-refractivity contribution in [2.75, 3.05) is 0 Å². The van der Waals surface area contributed by atoms with Crippen LogP contribution in [0.3, 0.4) is 0 Å².